The second-order valence-electron chi connectivity index (χ2n) is 7.18. The van der Waals surface area contributed by atoms with Gasteiger partial charge in [-0.1, -0.05) is 18.2 Å². The van der Waals surface area contributed by atoms with E-state index in [0.717, 1.165) is 22.6 Å². The lowest BCUT2D eigenvalue weighted by Crippen LogP contribution is -2.40. The average molecular weight is 547 g/mol. The molecule has 1 amide bonds. The van der Waals surface area contributed by atoms with E-state index in [-0.39, 0.29) is 35.8 Å². The molecule has 1 aliphatic rings. The molecule has 32 heavy (non-hydrogen) atoms. The van der Waals surface area contributed by atoms with Crippen molar-refractivity contribution in [2.75, 3.05) is 26.0 Å². The second-order valence-corrected chi connectivity index (χ2v) is 7.18. The molecule has 0 fully saturated rings. The average Bonchev–Trinajstić information content (AvgIpc) is 3.28. The first-order valence-electron chi connectivity index (χ1n) is 10.0. The minimum atomic E-state index is 0. The number of rotatable bonds is 6. The van der Waals surface area contributed by atoms with Crippen LogP contribution in [0.4, 0.5) is 5.69 Å². The molecule has 0 radical (unpaired) electrons. The highest BCUT2D eigenvalue weighted by atomic mass is 127. The maximum atomic E-state index is 12.0. The first kappa shape index (κ1) is 23.5. The zero-order valence-electron chi connectivity index (χ0n) is 17.9. The third kappa shape index (κ3) is 5.55. The lowest BCUT2D eigenvalue weighted by Gasteiger charge is -2.26. The number of benzene rings is 2. The zero-order chi connectivity index (χ0) is 21.6. The molecule has 1 aromatic heterocycles. The van der Waals surface area contributed by atoms with Crippen LogP contribution in [0.1, 0.15) is 23.7 Å². The smallest absolute Gasteiger partial charge is 0.225 e. The van der Waals surface area contributed by atoms with Crippen LogP contribution in [0.3, 0.4) is 0 Å². The number of hydrogen-bond acceptors (Lipinski definition) is 5. The number of aromatic nitrogens is 3. The lowest BCUT2D eigenvalue weighted by molar-refractivity contribution is -0.116. The summed E-state index contributed by atoms with van der Waals surface area (Å²) in [4.78, 5) is 20.8. The van der Waals surface area contributed by atoms with Crippen molar-refractivity contribution in [2.45, 2.75) is 18.9 Å². The van der Waals surface area contributed by atoms with Gasteiger partial charge in [0.05, 0.1) is 13.7 Å². The van der Waals surface area contributed by atoms with Crippen LogP contribution >= 0.6 is 24.0 Å². The number of nitrogens with zero attached hydrogens (tertiary/aromatic N) is 3. The number of anilines is 1. The predicted octanol–water partition coefficient (Wildman–Crippen LogP) is 2.89. The molecule has 1 aliphatic heterocycles. The van der Waals surface area contributed by atoms with E-state index >= 15 is 0 Å². The van der Waals surface area contributed by atoms with Crippen molar-refractivity contribution in [3.8, 4) is 17.1 Å². The highest BCUT2D eigenvalue weighted by Gasteiger charge is 2.24. The van der Waals surface area contributed by atoms with Gasteiger partial charge in [0.15, 0.2) is 11.8 Å². The van der Waals surface area contributed by atoms with Crippen LogP contribution in [0.2, 0.25) is 0 Å². The van der Waals surface area contributed by atoms with E-state index in [1.54, 1.807) is 14.2 Å². The Morgan fingerprint density at radius 2 is 1.97 bits per heavy atom. The van der Waals surface area contributed by atoms with Gasteiger partial charge in [0.25, 0.3) is 0 Å². The predicted molar refractivity (Wildman–Crippen MR) is 134 cm³/mol. The fraction of sp³-hybridized carbons (Fsp3) is 0.273. The molecule has 4 N–H and O–H groups in total. The number of carbonyl (C=O) groups excluding carboxylic acids is 1. The van der Waals surface area contributed by atoms with Crippen molar-refractivity contribution in [3.63, 3.8) is 0 Å². The number of hydrogen-bond donors (Lipinski definition) is 4. The van der Waals surface area contributed by atoms with Gasteiger partial charge in [-0.15, -0.1) is 24.0 Å². The maximum Gasteiger partial charge on any atom is 0.225 e. The molecule has 1 atom stereocenters. The number of carbonyl (C=O) groups is 1. The molecule has 168 valence electrons. The molecule has 0 aliphatic carbocycles. The number of H-pyrrole nitrogens is 1. The van der Waals surface area contributed by atoms with E-state index in [4.69, 9.17) is 4.74 Å². The molecule has 0 spiro atoms. The van der Waals surface area contributed by atoms with E-state index in [1.807, 2.05) is 48.5 Å². The zero-order valence-corrected chi connectivity index (χ0v) is 20.2. The molecule has 1 unspecified atom stereocenters. The molecule has 9 nitrogen and oxygen atoms in total. The van der Waals surface area contributed by atoms with Crippen LogP contribution in [-0.4, -0.2) is 47.8 Å². The Bertz CT molecular complexity index is 1080. The third-order valence-electron chi connectivity index (χ3n) is 5.15. The van der Waals surface area contributed by atoms with Crippen LogP contribution < -0.4 is 20.7 Å². The monoisotopic (exact) mass is 547 g/mol. The Morgan fingerprint density at radius 1 is 1.19 bits per heavy atom. The Hall–Kier alpha value is -3.15. The summed E-state index contributed by atoms with van der Waals surface area (Å²) in [7, 11) is 3.34. The summed E-state index contributed by atoms with van der Waals surface area (Å²) in [6, 6.07) is 15.5. The van der Waals surface area contributed by atoms with Gasteiger partial charge in [0, 0.05) is 37.2 Å². The van der Waals surface area contributed by atoms with E-state index < -0.39 is 0 Å². The molecule has 0 saturated carbocycles. The van der Waals surface area contributed by atoms with Gasteiger partial charge >= 0.3 is 0 Å². The minimum absolute atomic E-state index is 0. The molecule has 4 rings (SSSR count). The highest BCUT2D eigenvalue weighted by Crippen LogP contribution is 2.31. The van der Waals surface area contributed by atoms with Crippen LogP contribution in [0.15, 0.2) is 53.5 Å². The normalized spacial score (nSPS) is 15.2. The van der Waals surface area contributed by atoms with Crippen LogP contribution in [0, 0.1) is 0 Å². The molecule has 3 aromatic rings. The molecule has 2 aromatic carbocycles. The summed E-state index contributed by atoms with van der Waals surface area (Å²) >= 11 is 0. The Balaban J connectivity index is 0.00000289. The molecule has 2 heterocycles. The van der Waals surface area contributed by atoms with Crippen molar-refractivity contribution in [2.24, 2.45) is 4.99 Å². The van der Waals surface area contributed by atoms with Crippen molar-refractivity contribution in [1.82, 2.24) is 25.8 Å². The number of fused-ring (bicyclic) bond motifs is 1. The van der Waals surface area contributed by atoms with E-state index in [0.29, 0.717) is 37.1 Å². The molecular formula is C22H26IN7O2. The number of aromatic amines is 1. The molecule has 10 heteroatoms. The maximum absolute atomic E-state index is 12.0. The van der Waals surface area contributed by atoms with Gasteiger partial charge in [-0.2, -0.15) is 5.10 Å². The standard InChI is InChI=1S/C22H25N7O2.HI/c1-23-22(24-12-15-11-20(30)26-18-6-4-3-5-17(15)18)25-13-19-27-21(29-28-19)14-7-9-16(31-2)10-8-14;/h3-10,15H,11-13H2,1-2H3,(H,26,30)(H2,23,24,25)(H,27,28,29);1H. The van der Waals surface area contributed by atoms with Gasteiger partial charge in [0.2, 0.25) is 5.91 Å². The topological polar surface area (TPSA) is 116 Å². The summed E-state index contributed by atoms with van der Waals surface area (Å²) in [5.41, 5.74) is 2.91. The van der Waals surface area contributed by atoms with E-state index in [2.05, 4.69) is 36.1 Å². The summed E-state index contributed by atoms with van der Waals surface area (Å²) in [5.74, 6) is 2.83. The van der Waals surface area contributed by atoms with Gasteiger partial charge in [-0.3, -0.25) is 14.9 Å². The molecule has 0 saturated heterocycles. The first-order valence-corrected chi connectivity index (χ1v) is 10.0. The SMILES string of the molecule is CN=C(NCc1nc(-c2ccc(OC)cc2)n[nH]1)NCC1CC(=O)Nc2ccccc21.I. The number of aliphatic imine (C=N–C) groups is 1. The summed E-state index contributed by atoms with van der Waals surface area (Å²) in [6.45, 7) is 1.03. The van der Waals surface area contributed by atoms with Crippen molar-refractivity contribution in [3.05, 3.63) is 59.9 Å². The van der Waals surface area contributed by atoms with Gasteiger partial charge in [-0.05, 0) is 35.9 Å². The number of halogens is 1. The number of nitrogens with one attached hydrogen (secondary N) is 4. The summed E-state index contributed by atoms with van der Waals surface area (Å²) < 4.78 is 5.18. The minimum Gasteiger partial charge on any atom is -0.497 e. The Kier molecular flexibility index (Phi) is 8.03. The van der Waals surface area contributed by atoms with Gasteiger partial charge < -0.3 is 20.7 Å². The summed E-state index contributed by atoms with van der Waals surface area (Å²) in [6.07, 6.45) is 0.439. The number of amides is 1. The molecular weight excluding hydrogens is 521 g/mol. The van der Waals surface area contributed by atoms with Crippen LogP contribution in [-0.2, 0) is 11.3 Å². The molecule has 0 bridgehead atoms. The number of ether oxygens (including phenoxy) is 1. The van der Waals surface area contributed by atoms with Crippen molar-refractivity contribution in [1.29, 1.82) is 0 Å². The fourth-order valence-electron chi connectivity index (χ4n) is 3.54. The van der Waals surface area contributed by atoms with Crippen molar-refractivity contribution >= 4 is 41.5 Å². The van der Waals surface area contributed by atoms with E-state index in [1.165, 1.54) is 0 Å². The number of para-hydroxylation sites is 1. The third-order valence-corrected chi connectivity index (χ3v) is 5.15. The Labute approximate surface area is 203 Å². The van der Waals surface area contributed by atoms with Crippen LogP contribution in [0.5, 0.6) is 5.75 Å². The van der Waals surface area contributed by atoms with E-state index in [9.17, 15) is 4.79 Å². The van der Waals surface area contributed by atoms with Crippen LogP contribution in [0.25, 0.3) is 11.4 Å². The second kappa shape index (κ2) is 10.9. The quantitative estimate of drug-likeness (QED) is 0.214. The fourth-order valence-corrected chi connectivity index (χ4v) is 3.54. The lowest BCUT2D eigenvalue weighted by atomic mass is 9.90. The van der Waals surface area contributed by atoms with Gasteiger partial charge in [-0.25, -0.2) is 4.98 Å². The first-order chi connectivity index (χ1) is 15.2. The Morgan fingerprint density at radius 3 is 2.72 bits per heavy atom. The van der Waals surface area contributed by atoms with Crippen molar-refractivity contribution < 1.29 is 9.53 Å². The number of guanidine groups is 1. The summed E-state index contributed by atoms with van der Waals surface area (Å²) in [5, 5.41) is 16.7. The van der Waals surface area contributed by atoms with Gasteiger partial charge in [0.1, 0.15) is 11.6 Å². The largest absolute Gasteiger partial charge is 0.497 e. The highest BCUT2D eigenvalue weighted by molar-refractivity contribution is 14.0. The number of methoxy groups -OCH3 is 1.